The van der Waals surface area contributed by atoms with Crippen LogP contribution in [-0.2, 0) is 0 Å². The number of hydrogen-bond acceptors (Lipinski definition) is 2. The summed E-state index contributed by atoms with van der Waals surface area (Å²) in [5, 5.41) is 3.92. The van der Waals surface area contributed by atoms with E-state index in [2.05, 4.69) is 39.5 Å². The van der Waals surface area contributed by atoms with E-state index in [0.717, 1.165) is 20.2 Å². The predicted molar refractivity (Wildman–Crippen MR) is 80.0 cm³/mol. The van der Waals surface area contributed by atoms with Crippen LogP contribution in [0.4, 0.5) is 5.95 Å². The zero-order chi connectivity index (χ0) is 12.3. The van der Waals surface area contributed by atoms with Crippen molar-refractivity contribution >= 4 is 40.1 Å². The summed E-state index contributed by atoms with van der Waals surface area (Å²) >= 11 is 8.20. The summed E-state index contributed by atoms with van der Waals surface area (Å²) in [6.07, 6.45) is 5.47. The molecule has 0 unspecified atom stereocenters. The van der Waals surface area contributed by atoms with Crippen LogP contribution >= 0.6 is 34.2 Å². The van der Waals surface area contributed by atoms with E-state index in [0.29, 0.717) is 6.54 Å². The Morgan fingerprint density at radius 1 is 1.53 bits per heavy atom. The maximum absolute atomic E-state index is 5.94. The van der Waals surface area contributed by atoms with Crippen molar-refractivity contribution < 1.29 is 0 Å². The third-order valence-corrected chi connectivity index (χ3v) is 3.31. The SMILES string of the molecule is C=CCNc1nccn1-c1ccc(Cl)cc1I. The van der Waals surface area contributed by atoms with Crippen molar-refractivity contribution in [1.29, 1.82) is 0 Å². The van der Waals surface area contributed by atoms with Crippen LogP contribution in [-0.4, -0.2) is 16.1 Å². The molecule has 5 heteroatoms. The van der Waals surface area contributed by atoms with Gasteiger partial charge in [-0.15, -0.1) is 6.58 Å². The highest BCUT2D eigenvalue weighted by Gasteiger charge is 2.07. The fourth-order valence-corrected chi connectivity index (χ4v) is 2.60. The number of imidazole rings is 1. The van der Waals surface area contributed by atoms with Crippen molar-refractivity contribution in [1.82, 2.24) is 9.55 Å². The molecule has 88 valence electrons. The molecule has 2 rings (SSSR count). The van der Waals surface area contributed by atoms with Crippen molar-refractivity contribution in [3.63, 3.8) is 0 Å². The highest BCUT2D eigenvalue weighted by atomic mass is 127. The number of nitrogens with zero attached hydrogens (tertiary/aromatic N) is 2. The van der Waals surface area contributed by atoms with Gasteiger partial charge >= 0.3 is 0 Å². The Hall–Kier alpha value is -1.01. The van der Waals surface area contributed by atoms with Gasteiger partial charge in [-0.3, -0.25) is 4.57 Å². The fraction of sp³-hybridized carbons (Fsp3) is 0.0833. The average Bonchev–Trinajstić information content (AvgIpc) is 2.74. The van der Waals surface area contributed by atoms with Crippen molar-refractivity contribution in [3.8, 4) is 5.69 Å². The van der Waals surface area contributed by atoms with Crippen LogP contribution in [0.1, 0.15) is 0 Å². The van der Waals surface area contributed by atoms with Gasteiger partial charge in [0.25, 0.3) is 0 Å². The second kappa shape index (κ2) is 5.55. The number of rotatable bonds is 4. The lowest BCUT2D eigenvalue weighted by Crippen LogP contribution is -2.06. The van der Waals surface area contributed by atoms with Gasteiger partial charge in [0.1, 0.15) is 0 Å². The number of aromatic nitrogens is 2. The second-order valence-corrected chi connectivity index (χ2v) is 4.98. The molecule has 0 saturated heterocycles. The van der Waals surface area contributed by atoms with E-state index in [1.807, 2.05) is 29.0 Å². The fourth-order valence-electron chi connectivity index (χ4n) is 1.47. The maximum atomic E-state index is 5.94. The zero-order valence-electron chi connectivity index (χ0n) is 9.03. The molecule has 0 bridgehead atoms. The molecular formula is C12H11ClIN3. The van der Waals surface area contributed by atoms with Gasteiger partial charge in [-0.05, 0) is 40.8 Å². The van der Waals surface area contributed by atoms with E-state index in [1.54, 1.807) is 12.3 Å². The van der Waals surface area contributed by atoms with Gasteiger partial charge in [0, 0.05) is 27.5 Å². The molecule has 0 radical (unpaired) electrons. The molecule has 2 aromatic rings. The van der Waals surface area contributed by atoms with Gasteiger partial charge in [-0.25, -0.2) is 4.98 Å². The van der Waals surface area contributed by atoms with Crippen LogP contribution in [0.5, 0.6) is 0 Å². The minimum Gasteiger partial charge on any atom is -0.352 e. The lowest BCUT2D eigenvalue weighted by Gasteiger charge is -2.10. The van der Waals surface area contributed by atoms with Crippen LogP contribution in [0.3, 0.4) is 0 Å². The van der Waals surface area contributed by atoms with Gasteiger partial charge in [-0.1, -0.05) is 17.7 Å². The Balaban J connectivity index is 2.38. The summed E-state index contributed by atoms with van der Waals surface area (Å²) in [6, 6.07) is 5.77. The number of hydrogen-bond donors (Lipinski definition) is 1. The quantitative estimate of drug-likeness (QED) is 0.666. The smallest absolute Gasteiger partial charge is 0.207 e. The summed E-state index contributed by atoms with van der Waals surface area (Å²) in [5.74, 6) is 0.796. The van der Waals surface area contributed by atoms with Crippen LogP contribution in [0.25, 0.3) is 5.69 Å². The summed E-state index contributed by atoms with van der Waals surface area (Å²) < 4.78 is 3.07. The van der Waals surface area contributed by atoms with E-state index in [4.69, 9.17) is 11.6 Å². The predicted octanol–water partition coefficient (Wildman–Crippen LogP) is 3.73. The largest absolute Gasteiger partial charge is 0.352 e. The first kappa shape index (κ1) is 12.4. The minimum absolute atomic E-state index is 0.682. The monoisotopic (exact) mass is 359 g/mol. The first-order chi connectivity index (χ1) is 8.22. The van der Waals surface area contributed by atoms with Crippen LogP contribution in [0.2, 0.25) is 5.02 Å². The number of benzene rings is 1. The molecule has 0 aliphatic heterocycles. The van der Waals surface area contributed by atoms with E-state index in [9.17, 15) is 0 Å². The maximum Gasteiger partial charge on any atom is 0.207 e. The topological polar surface area (TPSA) is 29.9 Å². The molecule has 0 amide bonds. The molecule has 0 saturated carbocycles. The van der Waals surface area contributed by atoms with Crippen LogP contribution in [0.15, 0.2) is 43.2 Å². The Kier molecular flexibility index (Phi) is 4.06. The third-order valence-electron chi connectivity index (χ3n) is 2.21. The molecule has 1 N–H and O–H groups in total. The van der Waals surface area contributed by atoms with Gasteiger partial charge in [0.2, 0.25) is 5.95 Å². The van der Waals surface area contributed by atoms with Gasteiger partial charge < -0.3 is 5.32 Å². The van der Waals surface area contributed by atoms with E-state index in [1.165, 1.54) is 0 Å². The van der Waals surface area contributed by atoms with Crippen molar-refractivity contribution in [2.75, 3.05) is 11.9 Å². The molecule has 0 atom stereocenters. The molecule has 0 aliphatic rings. The van der Waals surface area contributed by atoms with Crippen molar-refractivity contribution in [3.05, 3.63) is 51.8 Å². The van der Waals surface area contributed by atoms with Crippen LogP contribution < -0.4 is 5.32 Å². The normalized spacial score (nSPS) is 10.2. The minimum atomic E-state index is 0.682. The van der Waals surface area contributed by atoms with Gasteiger partial charge in [-0.2, -0.15) is 0 Å². The zero-order valence-corrected chi connectivity index (χ0v) is 11.9. The first-order valence-electron chi connectivity index (χ1n) is 5.06. The average molecular weight is 360 g/mol. The highest BCUT2D eigenvalue weighted by molar-refractivity contribution is 14.1. The lowest BCUT2D eigenvalue weighted by atomic mass is 10.3. The third kappa shape index (κ3) is 2.81. The van der Waals surface area contributed by atoms with E-state index in [-0.39, 0.29) is 0 Å². The van der Waals surface area contributed by atoms with E-state index >= 15 is 0 Å². The molecule has 0 fully saturated rings. The number of halogens is 2. The van der Waals surface area contributed by atoms with Crippen LogP contribution in [0, 0.1) is 3.57 Å². The standard InChI is InChI=1S/C12H11ClIN3/c1-2-5-15-12-16-6-7-17(12)11-4-3-9(13)8-10(11)14/h2-4,6-8H,1,5H2,(H,15,16). The van der Waals surface area contributed by atoms with Gasteiger partial charge in [0.05, 0.1) is 5.69 Å². The Morgan fingerprint density at radius 2 is 2.35 bits per heavy atom. The molecule has 1 aromatic carbocycles. The van der Waals surface area contributed by atoms with Crippen molar-refractivity contribution in [2.45, 2.75) is 0 Å². The number of nitrogens with one attached hydrogen (secondary N) is 1. The highest BCUT2D eigenvalue weighted by Crippen LogP contribution is 2.23. The summed E-state index contributed by atoms with van der Waals surface area (Å²) in [6.45, 7) is 4.35. The van der Waals surface area contributed by atoms with Crippen molar-refractivity contribution in [2.24, 2.45) is 0 Å². The Bertz CT molecular complexity index is 536. The molecule has 0 aliphatic carbocycles. The molecule has 17 heavy (non-hydrogen) atoms. The Morgan fingerprint density at radius 3 is 3.06 bits per heavy atom. The number of anilines is 1. The molecular weight excluding hydrogens is 349 g/mol. The lowest BCUT2D eigenvalue weighted by molar-refractivity contribution is 1.03. The Labute approximate surface area is 119 Å². The molecule has 3 nitrogen and oxygen atoms in total. The summed E-state index contributed by atoms with van der Waals surface area (Å²) in [4.78, 5) is 4.26. The summed E-state index contributed by atoms with van der Waals surface area (Å²) in [7, 11) is 0. The second-order valence-electron chi connectivity index (χ2n) is 3.39. The van der Waals surface area contributed by atoms with Gasteiger partial charge in [0.15, 0.2) is 0 Å². The van der Waals surface area contributed by atoms with E-state index < -0.39 is 0 Å². The first-order valence-corrected chi connectivity index (χ1v) is 6.51. The molecule has 1 aromatic heterocycles. The molecule has 1 heterocycles. The summed E-state index contributed by atoms with van der Waals surface area (Å²) in [5.41, 5.74) is 1.05. The molecule has 0 spiro atoms.